The van der Waals surface area contributed by atoms with Crippen LogP contribution in [0.3, 0.4) is 0 Å². The summed E-state index contributed by atoms with van der Waals surface area (Å²) >= 11 is 6.37. The summed E-state index contributed by atoms with van der Waals surface area (Å²) in [7, 11) is 2.72. The van der Waals surface area contributed by atoms with Gasteiger partial charge in [-0.25, -0.2) is 14.7 Å². The van der Waals surface area contributed by atoms with E-state index >= 15 is 0 Å². The first-order valence-electron chi connectivity index (χ1n) is 7.37. The molecule has 8 heteroatoms. The van der Waals surface area contributed by atoms with Gasteiger partial charge in [0.25, 0.3) is 0 Å². The fraction of sp³-hybridized carbons (Fsp3) is 0.176. The predicted octanol–water partition coefficient (Wildman–Crippen LogP) is 3.40. The van der Waals surface area contributed by atoms with Crippen LogP contribution in [0.1, 0.15) is 15.9 Å². The number of carbonyl (C=O) groups excluding carboxylic acids is 2. The number of esters is 1. The van der Waals surface area contributed by atoms with Gasteiger partial charge in [0.05, 0.1) is 35.6 Å². The minimum Gasteiger partial charge on any atom is -0.465 e. The standard InChI is InChI=1S/C17H18ClN3O4/c1-19-17(23)21(24)10-11-6-5-9-14(15(11)18)20-13-8-4-3-7-12(13)16(22)25-2/h3-9,20,24H,10H2,1-2H3,(H,19,23). The van der Waals surface area contributed by atoms with Crippen LogP contribution in [0.2, 0.25) is 5.02 Å². The number of hydrogen-bond acceptors (Lipinski definition) is 5. The monoisotopic (exact) mass is 363 g/mol. The molecular formula is C17H18ClN3O4. The van der Waals surface area contributed by atoms with Gasteiger partial charge in [0, 0.05) is 7.05 Å². The molecule has 0 aliphatic rings. The van der Waals surface area contributed by atoms with E-state index in [1.54, 1.807) is 42.5 Å². The van der Waals surface area contributed by atoms with Gasteiger partial charge in [0.15, 0.2) is 0 Å². The lowest BCUT2D eigenvalue weighted by Crippen LogP contribution is -2.34. The molecule has 25 heavy (non-hydrogen) atoms. The van der Waals surface area contributed by atoms with Crippen LogP contribution in [0.15, 0.2) is 42.5 Å². The lowest BCUT2D eigenvalue weighted by Gasteiger charge is -2.17. The highest BCUT2D eigenvalue weighted by molar-refractivity contribution is 6.34. The topological polar surface area (TPSA) is 90.9 Å². The average molecular weight is 364 g/mol. The van der Waals surface area contributed by atoms with Crippen LogP contribution in [0.5, 0.6) is 0 Å². The highest BCUT2D eigenvalue weighted by Gasteiger charge is 2.15. The Hall–Kier alpha value is -2.77. The third kappa shape index (κ3) is 4.40. The van der Waals surface area contributed by atoms with Gasteiger partial charge in [-0.3, -0.25) is 5.21 Å². The zero-order chi connectivity index (χ0) is 18.4. The lowest BCUT2D eigenvalue weighted by molar-refractivity contribution is -0.0500. The molecule has 0 saturated carbocycles. The van der Waals surface area contributed by atoms with Crippen LogP contribution in [0, 0.1) is 0 Å². The lowest BCUT2D eigenvalue weighted by atomic mass is 10.1. The Morgan fingerprint density at radius 1 is 1.16 bits per heavy atom. The van der Waals surface area contributed by atoms with E-state index in [-0.39, 0.29) is 6.54 Å². The Balaban J connectivity index is 2.29. The second kappa shape index (κ2) is 8.36. The zero-order valence-electron chi connectivity index (χ0n) is 13.7. The Bertz CT molecular complexity index is 782. The van der Waals surface area contributed by atoms with Crippen molar-refractivity contribution >= 4 is 35.0 Å². The molecule has 3 N–H and O–H groups in total. The van der Waals surface area contributed by atoms with E-state index < -0.39 is 12.0 Å². The van der Waals surface area contributed by atoms with Crippen LogP contribution in [-0.2, 0) is 11.3 Å². The summed E-state index contributed by atoms with van der Waals surface area (Å²) in [5, 5.41) is 15.9. The van der Waals surface area contributed by atoms with Gasteiger partial charge in [0.2, 0.25) is 0 Å². The molecule has 2 aromatic rings. The first-order chi connectivity index (χ1) is 12.0. The number of nitrogens with one attached hydrogen (secondary N) is 2. The minimum absolute atomic E-state index is 0.0906. The summed E-state index contributed by atoms with van der Waals surface area (Å²) in [5.74, 6) is -0.475. The number of halogens is 1. The van der Waals surface area contributed by atoms with Crippen LogP contribution >= 0.6 is 11.6 Å². The van der Waals surface area contributed by atoms with Gasteiger partial charge in [-0.05, 0) is 23.8 Å². The first kappa shape index (κ1) is 18.6. The van der Waals surface area contributed by atoms with Gasteiger partial charge in [-0.2, -0.15) is 0 Å². The van der Waals surface area contributed by atoms with Crippen molar-refractivity contribution in [2.45, 2.75) is 6.54 Å². The maximum absolute atomic E-state index is 11.9. The molecule has 0 spiro atoms. The molecule has 0 bridgehead atoms. The Kier molecular flexibility index (Phi) is 6.21. The van der Waals surface area contributed by atoms with Crippen LogP contribution in [-0.4, -0.2) is 36.4 Å². The molecule has 2 aromatic carbocycles. The van der Waals surface area contributed by atoms with E-state index in [4.69, 9.17) is 16.3 Å². The highest BCUT2D eigenvalue weighted by Crippen LogP contribution is 2.30. The number of ether oxygens (including phenoxy) is 1. The van der Waals surface area contributed by atoms with Crippen molar-refractivity contribution in [3.63, 3.8) is 0 Å². The third-order valence-electron chi connectivity index (χ3n) is 3.45. The average Bonchev–Trinajstić information content (AvgIpc) is 2.64. The van der Waals surface area contributed by atoms with E-state index in [0.29, 0.717) is 32.6 Å². The number of benzene rings is 2. The fourth-order valence-corrected chi connectivity index (χ4v) is 2.42. The summed E-state index contributed by atoms with van der Waals surface area (Å²) in [4.78, 5) is 23.3. The number of carbonyl (C=O) groups is 2. The number of nitrogens with zero attached hydrogens (tertiary/aromatic N) is 1. The van der Waals surface area contributed by atoms with Crippen LogP contribution in [0.4, 0.5) is 16.2 Å². The fourth-order valence-electron chi connectivity index (χ4n) is 2.19. The molecule has 0 atom stereocenters. The summed E-state index contributed by atoms with van der Waals surface area (Å²) in [5.41, 5.74) is 1.95. The summed E-state index contributed by atoms with van der Waals surface area (Å²) in [6.07, 6.45) is 0. The van der Waals surface area contributed by atoms with Crippen molar-refractivity contribution < 1.29 is 19.5 Å². The number of para-hydroxylation sites is 1. The molecule has 132 valence electrons. The second-order valence-corrected chi connectivity index (χ2v) is 5.43. The Morgan fingerprint density at radius 2 is 1.84 bits per heavy atom. The molecule has 0 heterocycles. The molecule has 0 saturated heterocycles. The molecule has 0 aliphatic heterocycles. The smallest absolute Gasteiger partial charge is 0.341 e. The summed E-state index contributed by atoms with van der Waals surface area (Å²) in [6, 6.07) is 11.3. The number of hydroxylamine groups is 2. The van der Waals surface area contributed by atoms with Crippen molar-refractivity contribution in [3.05, 3.63) is 58.6 Å². The minimum atomic E-state index is -0.648. The number of amides is 2. The van der Waals surface area contributed by atoms with Gasteiger partial charge >= 0.3 is 12.0 Å². The second-order valence-electron chi connectivity index (χ2n) is 5.05. The van der Waals surface area contributed by atoms with Crippen LogP contribution in [0.25, 0.3) is 0 Å². The van der Waals surface area contributed by atoms with E-state index in [9.17, 15) is 14.8 Å². The highest BCUT2D eigenvalue weighted by atomic mass is 35.5. The van der Waals surface area contributed by atoms with Crippen molar-refractivity contribution in [2.24, 2.45) is 0 Å². The maximum atomic E-state index is 11.9. The van der Waals surface area contributed by atoms with Gasteiger partial charge in [-0.1, -0.05) is 35.9 Å². The number of urea groups is 1. The molecule has 0 fully saturated rings. The number of rotatable bonds is 5. The van der Waals surface area contributed by atoms with Gasteiger partial charge < -0.3 is 15.4 Å². The van der Waals surface area contributed by atoms with Crippen LogP contribution < -0.4 is 10.6 Å². The van der Waals surface area contributed by atoms with E-state index in [1.165, 1.54) is 14.2 Å². The Morgan fingerprint density at radius 3 is 2.52 bits per heavy atom. The SMILES string of the molecule is CNC(=O)N(O)Cc1cccc(Nc2ccccc2C(=O)OC)c1Cl. The zero-order valence-corrected chi connectivity index (χ0v) is 14.5. The number of hydrogen-bond donors (Lipinski definition) is 3. The quantitative estimate of drug-likeness (QED) is 0.430. The van der Waals surface area contributed by atoms with Gasteiger partial charge in [-0.15, -0.1) is 0 Å². The largest absolute Gasteiger partial charge is 0.465 e. The third-order valence-corrected chi connectivity index (χ3v) is 3.90. The van der Waals surface area contributed by atoms with Crippen molar-refractivity contribution in [1.82, 2.24) is 10.4 Å². The van der Waals surface area contributed by atoms with E-state index in [0.717, 1.165) is 0 Å². The molecule has 2 amide bonds. The van der Waals surface area contributed by atoms with E-state index in [2.05, 4.69) is 10.6 Å². The van der Waals surface area contributed by atoms with Crippen molar-refractivity contribution in [3.8, 4) is 0 Å². The molecule has 2 rings (SSSR count). The number of anilines is 2. The van der Waals surface area contributed by atoms with Gasteiger partial charge in [0.1, 0.15) is 0 Å². The van der Waals surface area contributed by atoms with E-state index in [1.807, 2.05) is 0 Å². The van der Waals surface area contributed by atoms with Crippen molar-refractivity contribution in [2.75, 3.05) is 19.5 Å². The molecule has 7 nitrogen and oxygen atoms in total. The predicted molar refractivity (Wildman–Crippen MR) is 94.3 cm³/mol. The molecule has 0 radical (unpaired) electrons. The molecule has 0 unspecified atom stereocenters. The normalized spacial score (nSPS) is 10.1. The molecular weight excluding hydrogens is 346 g/mol. The molecule has 0 aromatic heterocycles. The first-order valence-corrected chi connectivity index (χ1v) is 7.75. The summed E-state index contributed by atoms with van der Waals surface area (Å²) < 4.78 is 4.76. The maximum Gasteiger partial charge on any atom is 0.341 e. The number of methoxy groups -OCH3 is 1. The Labute approximate surface area is 150 Å². The van der Waals surface area contributed by atoms with Crippen molar-refractivity contribution in [1.29, 1.82) is 0 Å². The summed E-state index contributed by atoms with van der Waals surface area (Å²) in [6.45, 7) is -0.0906. The molecule has 0 aliphatic carbocycles.